The van der Waals surface area contributed by atoms with Gasteiger partial charge in [-0.25, -0.2) is 4.79 Å². The van der Waals surface area contributed by atoms with Gasteiger partial charge in [-0.3, -0.25) is 0 Å². The Morgan fingerprint density at radius 1 is 1.56 bits per heavy atom. The van der Waals surface area contributed by atoms with E-state index in [1.165, 1.54) is 0 Å². The number of alkyl halides is 2. The third-order valence-electron chi connectivity index (χ3n) is 0.742. The van der Waals surface area contributed by atoms with Crippen LogP contribution in [0.15, 0.2) is 11.6 Å². The Morgan fingerprint density at radius 3 is 2.22 bits per heavy atom. The molecule has 0 aromatic carbocycles. The highest BCUT2D eigenvalue weighted by atomic mass is 79.9. The third-order valence-corrected chi connectivity index (χ3v) is 1.67. The molecular weight excluding hydrogens is 252 g/mol. The Morgan fingerprint density at radius 2 is 2.11 bits per heavy atom. The topological polar surface area (TPSA) is 37.3 Å². The largest absolute Gasteiger partial charge is 0.478 e. The van der Waals surface area contributed by atoms with Crippen molar-refractivity contribution in [3.05, 3.63) is 11.6 Å². The van der Waals surface area contributed by atoms with Crippen molar-refractivity contribution in [3.63, 3.8) is 0 Å². The van der Waals surface area contributed by atoms with E-state index >= 15 is 0 Å². The minimum absolute atomic E-state index is 0.381. The number of rotatable bonds is 3. The van der Waals surface area contributed by atoms with E-state index < -0.39 is 5.97 Å². The van der Waals surface area contributed by atoms with Crippen LogP contribution >= 0.6 is 31.9 Å². The van der Waals surface area contributed by atoms with Gasteiger partial charge in [-0.2, -0.15) is 0 Å². The Bertz CT molecular complexity index is 131. The maximum absolute atomic E-state index is 10.2. The first kappa shape index (κ1) is 9.17. The van der Waals surface area contributed by atoms with Crippen LogP contribution in [0.5, 0.6) is 0 Å². The van der Waals surface area contributed by atoms with Gasteiger partial charge in [-0.1, -0.05) is 37.9 Å². The lowest BCUT2D eigenvalue weighted by Gasteiger charge is -1.91. The van der Waals surface area contributed by atoms with Crippen molar-refractivity contribution in [2.24, 2.45) is 0 Å². The molecule has 2 nitrogen and oxygen atoms in total. The number of carboxylic acids is 1. The summed E-state index contributed by atoms with van der Waals surface area (Å²) in [5, 5.41) is 9.37. The molecule has 0 aliphatic heterocycles. The van der Waals surface area contributed by atoms with Crippen LogP contribution in [0.2, 0.25) is 0 Å². The van der Waals surface area contributed by atoms with Gasteiger partial charge in [0.1, 0.15) is 0 Å². The zero-order valence-corrected chi connectivity index (χ0v) is 7.77. The van der Waals surface area contributed by atoms with Gasteiger partial charge in [-0.15, -0.1) is 0 Å². The maximum atomic E-state index is 10.2. The standard InChI is InChI=1S/C5H6Br2O2/c6-2-1-4(3-7)5(8)9/h1H,2-3H2,(H,8,9)/b4-1+. The van der Waals surface area contributed by atoms with E-state index in [1.54, 1.807) is 6.08 Å². The molecule has 1 N–H and O–H groups in total. The van der Waals surface area contributed by atoms with Crippen LogP contribution in [0.3, 0.4) is 0 Å². The van der Waals surface area contributed by atoms with Gasteiger partial charge in [0.05, 0.1) is 0 Å². The molecular formula is C5H6Br2O2. The molecule has 0 fully saturated rings. The van der Waals surface area contributed by atoms with Crippen LogP contribution < -0.4 is 0 Å². The molecule has 0 saturated heterocycles. The molecule has 0 aromatic heterocycles. The van der Waals surface area contributed by atoms with Crippen molar-refractivity contribution in [2.75, 3.05) is 10.7 Å². The Balaban J connectivity index is 3.98. The summed E-state index contributed by atoms with van der Waals surface area (Å²) in [5.41, 5.74) is 0.381. The highest BCUT2D eigenvalue weighted by molar-refractivity contribution is 9.09. The first-order valence-electron chi connectivity index (χ1n) is 2.26. The molecule has 0 radical (unpaired) electrons. The summed E-state index contributed by atoms with van der Waals surface area (Å²) in [6.45, 7) is 0. The number of allylic oxidation sites excluding steroid dienone is 1. The summed E-state index contributed by atoms with van der Waals surface area (Å²) >= 11 is 6.15. The summed E-state index contributed by atoms with van der Waals surface area (Å²) in [5.74, 6) is -0.869. The van der Waals surface area contributed by atoms with E-state index in [9.17, 15) is 4.79 Å². The van der Waals surface area contributed by atoms with Crippen molar-refractivity contribution in [3.8, 4) is 0 Å². The summed E-state index contributed by atoms with van der Waals surface area (Å²) in [4.78, 5) is 10.2. The Kier molecular flexibility index (Phi) is 5.09. The van der Waals surface area contributed by atoms with Gasteiger partial charge in [-0.05, 0) is 0 Å². The van der Waals surface area contributed by atoms with Crippen LogP contribution in [-0.4, -0.2) is 21.7 Å². The average molecular weight is 258 g/mol. The van der Waals surface area contributed by atoms with Crippen LogP contribution in [0.25, 0.3) is 0 Å². The fourth-order valence-corrected chi connectivity index (χ4v) is 1.15. The quantitative estimate of drug-likeness (QED) is 0.618. The lowest BCUT2D eigenvalue weighted by atomic mass is 10.3. The number of carbonyl (C=O) groups is 1. The highest BCUT2D eigenvalue weighted by Gasteiger charge is 2.02. The minimum atomic E-state index is -0.869. The maximum Gasteiger partial charge on any atom is 0.332 e. The molecule has 0 amide bonds. The van der Waals surface area contributed by atoms with Crippen molar-refractivity contribution >= 4 is 37.8 Å². The first-order valence-corrected chi connectivity index (χ1v) is 4.51. The van der Waals surface area contributed by atoms with Gasteiger partial charge in [0, 0.05) is 16.2 Å². The van der Waals surface area contributed by atoms with E-state index in [-0.39, 0.29) is 0 Å². The second-order valence-electron chi connectivity index (χ2n) is 1.32. The molecule has 0 atom stereocenters. The van der Waals surface area contributed by atoms with E-state index in [4.69, 9.17) is 5.11 Å². The molecule has 0 aliphatic rings. The Labute approximate surface area is 70.2 Å². The van der Waals surface area contributed by atoms with Gasteiger partial charge in [0.25, 0.3) is 0 Å². The van der Waals surface area contributed by atoms with Crippen LogP contribution in [-0.2, 0) is 4.79 Å². The molecule has 0 aliphatic carbocycles. The number of hydrogen-bond acceptors (Lipinski definition) is 1. The van der Waals surface area contributed by atoms with Gasteiger partial charge in [0.2, 0.25) is 0 Å². The van der Waals surface area contributed by atoms with E-state index in [2.05, 4.69) is 31.9 Å². The van der Waals surface area contributed by atoms with Crippen molar-refractivity contribution in [1.29, 1.82) is 0 Å². The molecule has 0 rings (SSSR count). The fraction of sp³-hybridized carbons (Fsp3) is 0.400. The van der Waals surface area contributed by atoms with Gasteiger partial charge >= 0.3 is 5.97 Å². The van der Waals surface area contributed by atoms with E-state index in [0.717, 1.165) is 0 Å². The highest BCUT2D eigenvalue weighted by Crippen LogP contribution is 2.00. The summed E-state index contributed by atoms with van der Waals surface area (Å²) in [6, 6.07) is 0. The molecule has 52 valence electrons. The van der Waals surface area contributed by atoms with Crippen LogP contribution in [0.1, 0.15) is 0 Å². The average Bonchev–Trinajstić information content (AvgIpc) is 1.82. The molecule has 0 aromatic rings. The second-order valence-corrected chi connectivity index (χ2v) is 2.53. The summed E-state index contributed by atoms with van der Waals surface area (Å²) < 4.78 is 0. The smallest absolute Gasteiger partial charge is 0.332 e. The fourth-order valence-electron chi connectivity index (χ4n) is 0.292. The van der Waals surface area contributed by atoms with Crippen LogP contribution in [0.4, 0.5) is 0 Å². The summed E-state index contributed by atoms with van der Waals surface area (Å²) in [7, 11) is 0. The van der Waals surface area contributed by atoms with Gasteiger partial charge < -0.3 is 5.11 Å². The third kappa shape index (κ3) is 3.70. The molecule has 0 unspecified atom stereocenters. The molecule has 4 heteroatoms. The van der Waals surface area contributed by atoms with Crippen molar-refractivity contribution in [1.82, 2.24) is 0 Å². The normalized spacial score (nSPS) is 11.6. The number of aliphatic carboxylic acids is 1. The molecule has 0 spiro atoms. The number of carboxylic acid groups (broad SMARTS) is 1. The molecule has 9 heavy (non-hydrogen) atoms. The van der Waals surface area contributed by atoms with Crippen LogP contribution in [0, 0.1) is 0 Å². The van der Waals surface area contributed by atoms with Gasteiger partial charge in [0.15, 0.2) is 0 Å². The number of hydrogen-bond donors (Lipinski definition) is 1. The predicted molar refractivity (Wildman–Crippen MR) is 43.3 cm³/mol. The van der Waals surface area contributed by atoms with E-state index in [1.807, 2.05) is 0 Å². The molecule has 0 heterocycles. The lowest BCUT2D eigenvalue weighted by molar-refractivity contribution is -0.132. The molecule has 0 saturated carbocycles. The zero-order chi connectivity index (χ0) is 7.28. The second kappa shape index (κ2) is 4.99. The Hall–Kier alpha value is 0.170. The lowest BCUT2D eigenvalue weighted by Crippen LogP contribution is -2.01. The zero-order valence-electron chi connectivity index (χ0n) is 4.60. The molecule has 0 bridgehead atoms. The summed E-state index contributed by atoms with van der Waals surface area (Å²) in [6.07, 6.45) is 1.61. The predicted octanol–water partition coefficient (Wildman–Crippen LogP) is 1.79. The SMILES string of the molecule is O=C(O)/C(=C/CBr)CBr. The minimum Gasteiger partial charge on any atom is -0.478 e. The van der Waals surface area contributed by atoms with E-state index in [0.29, 0.717) is 16.2 Å². The monoisotopic (exact) mass is 256 g/mol. The number of halogens is 2. The van der Waals surface area contributed by atoms with Crippen molar-refractivity contribution < 1.29 is 9.90 Å². The van der Waals surface area contributed by atoms with Crippen molar-refractivity contribution in [2.45, 2.75) is 0 Å². The first-order chi connectivity index (χ1) is 4.22.